The SMILES string of the molecule is C=CCCSC(/C(O)=C\CC)[C@H](C)CNCc1c[nH]c2c(N)ncnc12. The van der Waals surface area contributed by atoms with E-state index in [0.717, 1.165) is 41.7 Å². The number of nitrogens with one attached hydrogen (secondary N) is 2. The number of hydrogen-bond donors (Lipinski definition) is 4. The van der Waals surface area contributed by atoms with Crippen LogP contribution in [0.5, 0.6) is 0 Å². The molecule has 2 atom stereocenters. The minimum Gasteiger partial charge on any atom is -0.511 e. The fourth-order valence-electron chi connectivity index (χ4n) is 2.83. The Morgan fingerprint density at radius 1 is 1.50 bits per heavy atom. The smallest absolute Gasteiger partial charge is 0.151 e. The predicted octanol–water partition coefficient (Wildman–Crippen LogP) is 3.80. The van der Waals surface area contributed by atoms with Crippen molar-refractivity contribution in [2.24, 2.45) is 5.92 Å². The summed E-state index contributed by atoms with van der Waals surface area (Å²) in [6.07, 6.45) is 8.99. The van der Waals surface area contributed by atoms with Crippen LogP contribution in [0.25, 0.3) is 11.0 Å². The number of hydrogen-bond acceptors (Lipinski definition) is 6. The standard InChI is InChI=1S/C19H29N5OS/c1-4-6-8-26-18(15(25)7-5-2)13(3)9-21-10-14-11-22-17-16(14)23-12-24-19(17)20/h4,7,11-13,18,21-22,25H,1,5-6,8-10H2,2-3H3,(H2,20,23,24)/b15-7+/t13-,18?/m1/s1. The third-order valence-corrected chi connectivity index (χ3v) is 5.73. The van der Waals surface area contributed by atoms with Gasteiger partial charge in [-0.15, -0.1) is 18.3 Å². The van der Waals surface area contributed by atoms with Gasteiger partial charge in [0.15, 0.2) is 5.82 Å². The Balaban J connectivity index is 1.95. The maximum atomic E-state index is 10.4. The first-order valence-electron chi connectivity index (χ1n) is 8.97. The fourth-order valence-corrected chi connectivity index (χ4v) is 4.08. The van der Waals surface area contributed by atoms with Gasteiger partial charge in [-0.05, 0) is 37.1 Å². The van der Waals surface area contributed by atoms with Crippen LogP contribution in [-0.4, -0.2) is 37.6 Å². The molecule has 5 N–H and O–H groups in total. The van der Waals surface area contributed by atoms with Crippen LogP contribution in [0, 0.1) is 5.92 Å². The van der Waals surface area contributed by atoms with Crippen molar-refractivity contribution in [2.75, 3.05) is 18.0 Å². The molecule has 0 saturated heterocycles. The topological polar surface area (TPSA) is 99.8 Å². The van der Waals surface area contributed by atoms with Crippen molar-refractivity contribution in [3.63, 3.8) is 0 Å². The Bertz CT molecular complexity index is 743. The fraction of sp³-hybridized carbons (Fsp3) is 0.474. The summed E-state index contributed by atoms with van der Waals surface area (Å²) >= 11 is 1.78. The summed E-state index contributed by atoms with van der Waals surface area (Å²) in [6, 6.07) is 0. The number of nitrogens with zero attached hydrogens (tertiary/aromatic N) is 2. The molecule has 0 aliphatic heterocycles. The average molecular weight is 376 g/mol. The Morgan fingerprint density at radius 3 is 3.04 bits per heavy atom. The van der Waals surface area contributed by atoms with E-state index in [1.807, 2.05) is 25.3 Å². The number of thioether (sulfide) groups is 1. The third-order valence-electron chi connectivity index (χ3n) is 4.19. The molecule has 142 valence electrons. The maximum absolute atomic E-state index is 10.4. The molecule has 0 fully saturated rings. The van der Waals surface area contributed by atoms with Crippen LogP contribution in [0.15, 0.2) is 37.0 Å². The zero-order valence-corrected chi connectivity index (χ0v) is 16.4. The van der Waals surface area contributed by atoms with Gasteiger partial charge in [-0.25, -0.2) is 9.97 Å². The van der Waals surface area contributed by atoms with Gasteiger partial charge in [0.05, 0.1) is 10.8 Å². The molecule has 0 aliphatic rings. The summed E-state index contributed by atoms with van der Waals surface area (Å²) in [6.45, 7) is 9.44. The molecule has 0 aromatic carbocycles. The quantitative estimate of drug-likeness (QED) is 0.271. The van der Waals surface area contributed by atoms with E-state index in [2.05, 4.69) is 33.8 Å². The monoisotopic (exact) mass is 375 g/mol. The highest BCUT2D eigenvalue weighted by Gasteiger charge is 2.21. The summed E-state index contributed by atoms with van der Waals surface area (Å²) in [4.78, 5) is 11.4. The molecule has 0 saturated carbocycles. The molecule has 0 aliphatic carbocycles. The van der Waals surface area contributed by atoms with Crippen molar-refractivity contribution < 1.29 is 5.11 Å². The molecule has 0 radical (unpaired) electrons. The normalized spacial score (nSPS) is 14.5. The van der Waals surface area contributed by atoms with Crippen molar-refractivity contribution in [3.8, 4) is 0 Å². The van der Waals surface area contributed by atoms with Crippen LogP contribution in [0.2, 0.25) is 0 Å². The molecule has 2 aromatic rings. The first-order valence-corrected chi connectivity index (χ1v) is 10.0. The molecule has 0 spiro atoms. The molecular formula is C19H29N5OS. The number of nitrogen functional groups attached to an aromatic ring is 1. The number of H-pyrrole nitrogens is 1. The second kappa shape index (κ2) is 10.2. The largest absolute Gasteiger partial charge is 0.511 e. The lowest BCUT2D eigenvalue weighted by atomic mass is 10.1. The van der Waals surface area contributed by atoms with Crippen LogP contribution >= 0.6 is 11.8 Å². The number of allylic oxidation sites excluding steroid dienone is 2. The van der Waals surface area contributed by atoms with E-state index < -0.39 is 0 Å². The van der Waals surface area contributed by atoms with Crippen LogP contribution in [0.4, 0.5) is 5.82 Å². The van der Waals surface area contributed by atoms with Gasteiger partial charge in [-0.3, -0.25) is 0 Å². The summed E-state index contributed by atoms with van der Waals surface area (Å²) < 4.78 is 0. The van der Waals surface area contributed by atoms with E-state index in [1.54, 1.807) is 11.8 Å². The van der Waals surface area contributed by atoms with Crippen LogP contribution in [-0.2, 0) is 6.54 Å². The number of anilines is 1. The highest BCUT2D eigenvalue weighted by Crippen LogP contribution is 2.27. The number of aromatic nitrogens is 3. The van der Waals surface area contributed by atoms with E-state index in [0.29, 0.717) is 18.1 Å². The van der Waals surface area contributed by atoms with Gasteiger partial charge in [-0.1, -0.05) is 19.9 Å². The second-order valence-electron chi connectivity index (χ2n) is 6.31. The number of aliphatic hydroxyl groups is 1. The molecular weight excluding hydrogens is 346 g/mol. The molecule has 2 heterocycles. The summed E-state index contributed by atoms with van der Waals surface area (Å²) in [5.74, 6) is 2.18. The van der Waals surface area contributed by atoms with Crippen LogP contribution in [0.3, 0.4) is 0 Å². The van der Waals surface area contributed by atoms with E-state index in [1.165, 1.54) is 6.33 Å². The molecule has 0 amide bonds. The molecule has 2 aromatic heterocycles. The van der Waals surface area contributed by atoms with Gasteiger partial charge in [0.1, 0.15) is 17.6 Å². The van der Waals surface area contributed by atoms with Gasteiger partial charge in [0, 0.05) is 18.3 Å². The van der Waals surface area contributed by atoms with Crippen LogP contribution < -0.4 is 11.1 Å². The van der Waals surface area contributed by atoms with Gasteiger partial charge in [0.25, 0.3) is 0 Å². The molecule has 0 bridgehead atoms. The first-order chi connectivity index (χ1) is 12.6. The number of aliphatic hydroxyl groups excluding tert-OH is 1. The van der Waals surface area contributed by atoms with Crippen molar-refractivity contribution in [2.45, 2.75) is 38.5 Å². The molecule has 6 nitrogen and oxygen atoms in total. The van der Waals surface area contributed by atoms with E-state index in [9.17, 15) is 5.11 Å². The Morgan fingerprint density at radius 2 is 2.31 bits per heavy atom. The lowest BCUT2D eigenvalue weighted by Gasteiger charge is -2.23. The Hall–Kier alpha value is -1.99. The predicted molar refractivity (Wildman–Crippen MR) is 111 cm³/mol. The molecule has 2 rings (SSSR count). The lowest BCUT2D eigenvalue weighted by molar-refractivity contribution is 0.357. The van der Waals surface area contributed by atoms with Crippen molar-refractivity contribution in [3.05, 3.63) is 42.6 Å². The zero-order valence-electron chi connectivity index (χ0n) is 15.5. The number of fused-ring (bicyclic) bond motifs is 1. The van der Waals surface area contributed by atoms with Gasteiger partial charge in [0.2, 0.25) is 0 Å². The van der Waals surface area contributed by atoms with Crippen molar-refractivity contribution in [1.29, 1.82) is 0 Å². The molecule has 7 heteroatoms. The summed E-state index contributed by atoms with van der Waals surface area (Å²) in [5, 5.41) is 13.9. The third kappa shape index (κ3) is 5.25. The van der Waals surface area contributed by atoms with E-state index >= 15 is 0 Å². The first kappa shape index (κ1) is 20.3. The van der Waals surface area contributed by atoms with Crippen molar-refractivity contribution in [1.82, 2.24) is 20.3 Å². The van der Waals surface area contributed by atoms with Crippen molar-refractivity contribution >= 4 is 28.6 Å². The van der Waals surface area contributed by atoms with Gasteiger partial charge in [-0.2, -0.15) is 0 Å². The Labute approximate surface area is 159 Å². The summed E-state index contributed by atoms with van der Waals surface area (Å²) in [7, 11) is 0. The number of nitrogens with two attached hydrogens (primary N) is 1. The highest BCUT2D eigenvalue weighted by atomic mass is 32.2. The molecule has 1 unspecified atom stereocenters. The van der Waals surface area contributed by atoms with Gasteiger partial charge >= 0.3 is 0 Å². The molecule has 26 heavy (non-hydrogen) atoms. The number of aromatic amines is 1. The van der Waals surface area contributed by atoms with Gasteiger partial charge < -0.3 is 21.1 Å². The maximum Gasteiger partial charge on any atom is 0.151 e. The lowest BCUT2D eigenvalue weighted by Crippen LogP contribution is -2.29. The number of rotatable bonds is 11. The van der Waals surface area contributed by atoms with E-state index in [4.69, 9.17) is 5.73 Å². The minimum atomic E-state index is 0.0864. The average Bonchev–Trinajstić information content (AvgIpc) is 3.03. The second-order valence-corrected chi connectivity index (χ2v) is 7.56. The zero-order chi connectivity index (χ0) is 18.9. The Kier molecular flexibility index (Phi) is 8.00. The minimum absolute atomic E-state index is 0.0864. The summed E-state index contributed by atoms with van der Waals surface area (Å²) in [5.41, 5.74) is 8.55. The van der Waals surface area contributed by atoms with E-state index in [-0.39, 0.29) is 11.2 Å². The van der Waals surface area contributed by atoms with Crippen LogP contribution in [0.1, 0.15) is 32.3 Å². The highest BCUT2D eigenvalue weighted by molar-refractivity contribution is 8.00.